The molecule has 0 aromatic carbocycles. The van der Waals surface area contributed by atoms with Crippen LogP contribution in [-0.4, -0.2) is 22.0 Å². The molecule has 0 spiro atoms. The zero-order valence-corrected chi connectivity index (χ0v) is 10.4. The predicted octanol–water partition coefficient (Wildman–Crippen LogP) is 2.47. The van der Waals surface area contributed by atoms with Crippen LogP contribution >= 0.6 is 0 Å². The van der Waals surface area contributed by atoms with Crippen LogP contribution in [0, 0.1) is 0 Å². The molecular formula is C12H22FN3. The molecule has 0 amide bonds. The van der Waals surface area contributed by atoms with Crippen LogP contribution in [0.15, 0.2) is 12.3 Å². The molecule has 1 heterocycles. The van der Waals surface area contributed by atoms with Crippen molar-refractivity contribution in [1.82, 2.24) is 9.78 Å². The summed E-state index contributed by atoms with van der Waals surface area (Å²) >= 11 is 0. The molecule has 92 valence electrons. The second-order valence-corrected chi connectivity index (χ2v) is 4.66. The van der Waals surface area contributed by atoms with Crippen molar-refractivity contribution in [1.29, 1.82) is 0 Å². The number of hydrogen-bond donors (Lipinski definition) is 1. The zero-order valence-electron chi connectivity index (χ0n) is 10.4. The van der Waals surface area contributed by atoms with Crippen molar-refractivity contribution in [3.8, 4) is 0 Å². The van der Waals surface area contributed by atoms with Gasteiger partial charge >= 0.3 is 0 Å². The highest BCUT2D eigenvalue weighted by Gasteiger charge is 2.28. The molecule has 3 nitrogen and oxygen atoms in total. The number of alkyl halides is 1. The summed E-state index contributed by atoms with van der Waals surface area (Å²) in [7, 11) is 0. The lowest BCUT2D eigenvalue weighted by Gasteiger charge is -2.21. The van der Waals surface area contributed by atoms with Crippen LogP contribution in [0.25, 0.3) is 0 Å². The van der Waals surface area contributed by atoms with Crippen molar-refractivity contribution in [3.63, 3.8) is 0 Å². The van der Waals surface area contributed by atoms with E-state index >= 15 is 0 Å². The first-order valence-corrected chi connectivity index (χ1v) is 5.94. The van der Waals surface area contributed by atoms with E-state index in [1.54, 1.807) is 0 Å². The molecular weight excluding hydrogens is 205 g/mol. The fourth-order valence-electron chi connectivity index (χ4n) is 1.79. The highest BCUT2D eigenvalue weighted by molar-refractivity contribution is 5.05. The molecule has 0 radical (unpaired) electrons. The Hall–Kier alpha value is -0.900. The molecule has 0 aliphatic carbocycles. The van der Waals surface area contributed by atoms with Crippen molar-refractivity contribution in [2.75, 3.05) is 6.54 Å². The lowest BCUT2D eigenvalue weighted by Crippen LogP contribution is -2.35. The minimum Gasteiger partial charge on any atom is -0.328 e. The predicted molar refractivity (Wildman–Crippen MR) is 64.1 cm³/mol. The zero-order chi connectivity index (χ0) is 12.2. The van der Waals surface area contributed by atoms with Gasteiger partial charge in [-0.15, -0.1) is 0 Å². The van der Waals surface area contributed by atoms with Gasteiger partial charge in [-0.1, -0.05) is 13.3 Å². The molecule has 1 rings (SSSR count). The van der Waals surface area contributed by atoms with E-state index in [9.17, 15) is 4.39 Å². The summed E-state index contributed by atoms with van der Waals surface area (Å²) in [6, 6.07) is 2.19. The van der Waals surface area contributed by atoms with E-state index in [0.717, 1.165) is 12.1 Å². The van der Waals surface area contributed by atoms with Gasteiger partial charge in [0.1, 0.15) is 5.67 Å². The van der Waals surface area contributed by atoms with Crippen LogP contribution in [0.2, 0.25) is 0 Å². The van der Waals surface area contributed by atoms with Gasteiger partial charge in [0.2, 0.25) is 0 Å². The molecule has 1 aromatic rings. The van der Waals surface area contributed by atoms with E-state index in [0.29, 0.717) is 18.9 Å². The lowest BCUT2D eigenvalue weighted by atomic mass is 9.95. The van der Waals surface area contributed by atoms with E-state index in [2.05, 4.69) is 18.9 Å². The van der Waals surface area contributed by atoms with E-state index in [1.165, 1.54) is 0 Å². The quantitative estimate of drug-likeness (QED) is 0.811. The molecule has 1 aromatic heterocycles. The number of rotatable bonds is 6. The summed E-state index contributed by atoms with van der Waals surface area (Å²) in [4.78, 5) is 0. The van der Waals surface area contributed by atoms with Crippen molar-refractivity contribution < 1.29 is 4.39 Å². The summed E-state index contributed by atoms with van der Waals surface area (Å²) in [5, 5.41) is 4.35. The van der Waals surface area contributed by atoms with Crippen LogP contribution in [-0.2, 0) is 6.42 Å². The molecule has 0 saturated carbocycles. The number of hydrogen-bond acceptors (Lipinski definition) is 2. The smallest absolute Gasteiger partial charge is 0.128 e. The third kappa shape index (κ3) is 3.30. The molecule has 0 saturated heterocycles. The van der Waals surface area contributed by atoms with Crippen LogP contribution in [0.4, 0.5) is 4.39 Å². The summed E-state index contributed by atoms with van der Waals surface area (Å²) in [6.07, 6.45) is 3.51. The molecule has 0 aliphatic heterocycles. The van der Waals surface area contributed by atoms with E-state index in [1.807, 2.05) is 23.9 Å². The first kappa shape index (κ1) is 13.2. The standard InChI is InChI=1S/C12H22FN3/c1-4-6-12(13,9-14)8-11-5-7-16(15-11)10(2)3/h5,7,10H,4,6,8-9,14H2,1-3H3. The molecule has 0 bridgehead atoms. The molecule has 1 atom stereocenters. The van der Waals surface area contributed by atoms with Gasteiger partial charge in [-0.25, -0.2) is 4.39 Å². The van der Waals surface area contributed by atoms with Gasteiger partial charge < -0.3 is 5.73 Å². The lowest BCUT2D eigenvalue weighted by molar-refractivity contribution is 0.156. The van der Waals surface area contributed by atoms with Crippen molar-refractivity contribution in [2.24, 2.45) is 5.73 Å². The summed E-state index contributed by atoms with van der Waals surface area (Å²) in [6.45, 7) is 6.13. The van der Waals surface area contributed by atoms with E-state index in [-0.39, 0.29) is 6.54 Å². The number of nitrogens with two attached hydrogens (primary N) is 1. The number of halogens is 1. The summed E-state index contributed by atoms with van der Waals surface area (Å²) in [5.74, 6) is 0. The highest BCUT2D eigenvalue weighted by atomic mass is 19.1. The maximum Gasteiger partial charge on any atom is 0.128 e. The third-order valence-electron chi connectivity index (χ3n) is 2.75. The summed E-state index contributed by atoms with van der Waals surface area (Å²) < 4.78 is 16.1. The topological polar surface area (TPSA) is 43.8 Å². The normalized spacial score (nSPS) is 15.4. The first-order valence-electron chi connectivity index (χ1n) is 5.94. The Bertz CT molecular complexity index is 322. The van der Waals surface area contributed by atoms with Gasteiger partial charge in [-0.05, 0) is 26.3 Å². The van der Waals surface area contributed by atoms with Gasteiger partial charge in [0.25, 0.3) is 0 Å². The Morgan fingerprint density at radius 2 is 2.25 bits per heavy atom. The van der Waals surface area contributed by atoms with Crippen LogP contribution in [0.5, 0.6) is 0 Å². The fourth-order valence-corrected chi connectivity index (χ4v) is 1.79. The van der Waals surface area contributed by atoms with Gasteiger partial charge in [0.15, 0.2) is 0 Å². The molecule has 2 N–H and O–H groups in total. The van der Waals surface area contributed by atoms with Crippen molar-refractivity contribution in [2.45, 2.75) is 51.7 Å². The first-order chi connectivity index (χ1) is 7.50. The second kappa shape index (κ2) is 5.43. The number of aromatic nitrogens is 2. The number of nitrogens with zero attached hydrogens (tertiary/aromatic N) is 2. The maximum atomic E-state index is 14.2. The van der Waals surface area contributed by atoms with E-state index in [4.69, 9.17) is 5.73 Å². The van der Waals surface area contributed by atoms with Crippen molar-refractivity contribution >= 4 is 0 Å². The molecule has 16 heavy (non-hydrogen) atoms. The minimum absolute atomic E-state index is 0.0649. The molecule has 4 heteroatoms. The highest BCUT2D eigenvalue weighted by Crippen LogP contribution is 2.22. The fraction of sp³-hybridized carbons (Fsp3) is 0.750. The van der Waals surface area contributed by atoms with Crippen molar-refractivity contribution in [3.05, 3.63) is 18.0 Å². The Kier molecular flexibility index (Phi) is 4.47. The molecule has 0 aliphatic rings. The minimum atomic E-state index is -1.30. The van der Waals surface area contributed by atoms with E-state index < -0.39 is 5.67 Å². The van der Waals surface area contributed by atoms with Crippen LogP contribution in [0.1, 0.15) is 45.3 Å². The Labute approximate surface area is 96.8 Å². The van der Waals surface area contributed by atoms with Gasteiger partial charge in [0.05, 0.1) is 5.69 Å². The Balaban J connectivity index is 2.70. The largest absolute Gasteiger partial charge is 0.328 e. The van der Waals surface area contributed by atoms with Crippen LogP contribution < -0.4 is 5.73 Å². The van der Waals surface area contributed by atoms with Gasteiger partial charge in [0, 0.05) is 25.2 Å². The van der Waals surface area contributed by atoms with Gasteiger partial charge in [-0.2, -0.15) is 5.10 Å². The van der Waals surface area contributed by atoms with Crippen LogP contribution in [0.3, 0.4) is 0 Å². The summed E-state index contributed by atoms with van der Waals surface area (Å²) in [5.41, 5.74) is 4.98. The average Bonchev–Trinajstić information content (AvgIpc) is 2.66. The SMILES string of the molecule is CCCC(F)(CN)Cc1ccn(C(C)C)n1. The monoisotopic (exact) mass is 227 g/mol. The second-order valence-electron chi connectivity index (χ2n) is 4.66. The average molecular weight is 227 g/mol. The Morgan fingerprint density at radius 1 is 1.56 bits per heavy atom. The Morgan fingerprint density at radius 3 is 2.69 bits per heavy atom. The molecule has 1 unspecified atom stereocenters. The van der Waals surface area contributed by atoms with Gasteiger partial charge in [-0.3, -0.25) is 4.68 Å². The third-order valence-corrected chi connectivity index (χ3v) is 2.75. The molecule has 0 fully saturated rings. The maximum absolute atomic E-state index is 14.2.